The number of anilines is 2. The summed E-state index contributed by atoms with van der Waals surface area (Å²) in [5.74, 6) is 0.340. The van der Waals surface area contributed by atoms with Gasteiger partial charge in [-0.3, -0.25) is 14.5 Å². The normalized spacial score (nSPS) is 13.5. The van der Waals surface area contributed by atoms with Crippen molar-refractivity contribution in [3.05, 3.63) is 66.4 Å². The Hall–Kier alpha value is -3.87. The minimum absolute atomic E-state index is 0.0482. The summed E-state index contributed by atoms with van der Waals surface area (Å²) in [6, 6.07) is 17.6. The van der Waals surface area contributed by atoms with E-state index in [1.165, 1.54) is 4.90 Å². The van der Waals surface area contributed by atoms with Crippen LogP contribution < -0.4 is 10.2 Å². The third-order valence-electron chi connectivity index (χ3n) is 5.68. The Morgan fingerprint density at radius 3 is 2.71 bits per heavy atom. The highest BCUT2D eigenvalue weighted by Gasteiger charge is 2.28. The first-order valence-electron chi connectivity index (χ1n) is 10.3. The third kappa shape index (κ3) is 3.48. The number of nitrogens with zero attached hydrogens (tertiary/aromatic N) is 4. The molecule has 1 aliphatic heterocycles. The molecule has 7 heteroatoms. The van der Waals surface area contributed by atoms with Gasteiger partial charge in [0.2, 0.25) is 11.8 Å². The average Bonchev–Trinajstić information content (AvgIpc) is 3.34. The molecular weight excluding hydrogens is 390 g/mol. The Bertz CT molecular complexity index is 1300. The van der Waals surface area contributed by atoms with E-state index in [1.54, 1.807) is 0 Å². The van der Waals surface area contributed by atoms with Crippen LogP contribution in [0.3, 0.4) is 0 Å². The van der Waals surface area contributed by atoms with Gasteiger partial charge in [-0.1, -0.05) is 35.9 Å². The molecule has 5 rings (SSSR count). The van der Waals surface area contributed by atoms with Crippen LogP contribution in [-0.4, -0.2) is 32.7 Å². The van der Waals surface area contributed by atoms with E-state index >= 15 is 0 Å². The molecule has 31 heavy (non-hydrogen) atoms. The van der Waals surface area contributed by atoms with Gasteiger partial charge >= 0.3 is 0 Å². The predicted molar refractivity (Wildman–Crippen MR) is 121 cm³/mol. The maximum absolute atomic E-state index is 12.7. The molecule has 0 spiro atoms. The second kappa shape index (κ2) is 7.43. The van der Waals surface area contributed by atoms with Gasteiger partial charge in [0, 0.05) is 47.9 Å². The van der Waals surface area contributed by atoms with Crippen LogP contribution in [0.4, 0.5) is 11.5 Å². The number of benzene rings is 2. The van der Waals surface area contributed by atoms with Crippen LogP contribution in [0.1, 0.15) is 12.0 Å². The van der Waals surface area contributed by atoms with E-state index in [-0.39, 0.29) is 18.4 Å². The van der Waals surface area contributed by atoms with Crippen LogP contribution >= 0.6 is 0 Å². The first kappa shape index (κ1) is 19.1. The number of rotatable bonds is 4. The number of hydrogen-bond donors (Lipinski definition) is 1. The fourth-order valence-corrected chi connectivity index (χ4v) is 4.08. The smallest absolute Gasteiger partial charge is 0.244 e. The van der Waals surface area contributed by atoms with E-state index in [2.05, 4.69) is 28.2 Å². The van der Waals surface area contributed by atoms with Crippen molar-refractivity contribution in [3.63, 3.8) is 0 Å². The molecule has 3 heterocycles. The molecule has 0 saturated heterocycles. The largest absolute Gasteiger partial charge is 0.350 e. The number of carbonyl (C=O) groups is 2. The predicted octanol–water partition coefficient (Wildman–Crippen LogP) is 3.73. The first-order chi connectivity index (χ1) is 15.0. The molecule has 7 nitrogen and oxygen atoms in total. The van der Waals surface area contributed by atoms with E-state index in [4.69, 9.17) is 5.10 Å². The molecule has 0 fully saturated rings. The summed E-state index contributed by atoms with van der Waals surface area (Å²) in [5, 5.41) is 8.72. The molecular formula is C24H23N5O2. The fourth-order valence-electron chi connectivity index (χ4n) is 4.08. The number of aryl methyl sites for hydroxylation is 3. The number of fused-ring (bicyclic) bond motifs is 2. The molecule has 0 bridgehead atoms. The van der Waals surface area contributed by atoms with Crippen molar-refractivity contribution in [2.24, 2.45) is 7.05 Å². The highest BCUT2D eigenvalue weighted by atomic mass is 16.2. The molecule has 4 aromatic rings. The number of nitrogens with one attached hydrogen (secondary N) is 1. The van der Waals surface area contributed by atoms with Crippen molar-refractivity contribution in [3.8, 4) is 11.3 Å². The van der Waals surface area contributed by atoms with E-state index in [0.717, 1.165) is 27.7 Å². The highest BCUT2D eigenvalue weighted by Crippen LogP contribution is 2.33. The first-order valence-corrected chi connectivity index (χ1v) is 10.3. The SMILES string of the molecule is Cc1ccc(NC(=O)CN2C(=O)CCn3nc(-c4cn(C)c5ccccc45)cc32)cc1. The number of amides is 2. The van der Waals surface area contributed by atoms with Crippen LogP contribution in [0.5, 0.6) is 0 Å². The second-order valence-electron chi connectivity index (χ2n) is 7.93. The van der Waals surface area contributed by atoms with Crippen molar-refractivity contribution in [1.82, 2.24) is 14.3 Å². The molecule has 1 aliphatic rings. The minimum atomic E-state index is -0.237. The second-order valence-corrected chi connectivity index (χ2v) is 7.93. The summed E-state index contributed by atoms with van der Waals surface area (Å²) in [4.78, 5) is 26.8. The lowest BCUT2D eigenvalue weighted by Gasteiger charge is -2.26. The van der Waals surface area contributed by atoms with Crippen LogP contribution in [-0.2, 0) is 23.2 Å². The quantitative estimate of drug-likeness (QED) is 0.554. The fraction of sp³-hybridized carbons (Fsp3) is 0.208. The van der Waals surface area contributed by atoms with Gasteiger partial charge in [0.15, 0.2) is 0 Å². The Morgan fingerprint density at radius 1 is 1.13 bits per heavy atom. The van der Waals surface area contributed by atoms with Crippen LogP contribution in [0, 0.1) is 6.92 Å². The zero-order chi connectivity index (χ0) is 21.5. The van der Waals surface area contributed by atoms with Gasteiger partial charge in [-0.05, 0) is 25.1 Å². The van der Waals surface area contributed by atoms with Gasteiger partial charge in [0.1, 0.15) is 12.4 Å². The van der Waals surface area contributed by atoms with Crippen molar-refractivity contribution in [1.29, 1.82) is 0 Å². The number of hydrogen-bond acceptors (Lipinski definition) is 3. The van der Waals surface area contributed by atoms with Crippen molar-refractivity contribution >= 4 is 34.2 Å². The van der Waals surface area contributed by atoms with Crippen molar-refractivity contribution in [2.45, 2.75) is 19.9 Å². The molecule has 0 unspecified atom stereocenters. The zero-order valence-corrected chi connectivity index (χ0v) is 17.5. The third-order valence-corrected chi connectivity index (χ3v) is 5.68. The van der Waals surface area contributed by atoms with Gasteiger partial charge in [-0.2, -0.15) is 5.10 Å². The molecule has 0 atom stereocenters. The molecule has 0 radical (unpaired) electrons. The molecule has 0 aliphatic carbocycles. The number of carbonyl (C=O) groups excluding carboxylic acids is 2. The minimum Gasteiger partial charge on any atom is -0.350 e. The van der Waals surface area contributed by atoms with E-state index in [0.29, 0.717) is 24.5 Å². The summed E-state index contributed by atoms with van der Waals surface area (Å²) in [6.07, 6.45) is 2.37. The van der Waals surface area contributed by atoms with Gasteiger partial charge in [-0.15, -0.1) is 0 Å². The molecule has 2 aromatic carbocycles. The number of para-hydroxylation sites is 1. The van der Waals surface area contributed by atoms with E-state index in [1.807, 2.05) is 61.1 Å². The van der Waals surface area contributed by atoms with Gasteiger partial charge in [-0.25, -0.2) is 4.68 Å². The topological polar surface area (TPSA) is 72.2 Å². The van der Waals surface area contributed by atoms with Gasteiger partial charge < -0.3 is 9.88 Å². The summed E-state index contributed by atoms with van der Waals surface area (Å²) in [5.41, 5.74) is 4.76. The summed E-state index contributed by atoms with van der Waals surface area (Å²) >= 11 is 0. The molecule has 1 N–H and O–H groups in total. The summed E-state index contributed by atoms with van der Waals surface area (Å²) < 4.78 is 3.89. The standard InChI is InChI=1S/C24H23N5O2/c1-16-7-9-17(10-8-16)25-22(30)15-28-23-13-20(26-29(23)12-11-24(28)31)19-14-27(2)21-6-4-3-5-18(19)21/h3-10,13-14H,11-12,15H2,1-2H3,(H,25,30). The molecule has 2 aromatic heterocycles. The summed E-state index contributed by atoms with van der Waals surface area (Å²) in [7, 11) is 2.01. The Kier molecular flexibility index (Phi) is 4.58. The molecule has 156 valence electrons. The summed E-state index contributed by atoms with van der Waals surface area (Å²) in [6.45, 7) is 2.45. The highest BCUT2D eigenvalue weighted by molar-refractivity contribution is 6.03. The van der Waals surface area contributed by atoms with E-state index < -0.39 is 0 Å². The monoisotopic (exact) mass is 413 g/mol. The zero-order valence-electron chi connectivity index (χ0n) is 17.5. The Balaban J connectivity index is 1.44. The van der Waals surface area contributed by atoms with Gasteiger partial charge in [0.05, 0.1) is 12.2 Å². The Labute approximate surface area is 179 Å². The van der Waals surface area contributed by atoms with Crippen LogP contribution in [0.25, 0.3) is 22.2 Å². The average molecular weight is 413 g/mol. The van der Waals surface area contributed by atoms with E-state index in [9.17, 15) is 9.59 Å². The van der Waals surface area contributed by atoms with Crippen LogP contribution in [0.2, 0.25) is 0 Å². The van der Waals surface area contributed by atoms with Crippen molar-refractivity contribution in [2.75, 3.05) is 16.8 Å². The number of aromatic nitrogens is 3. The Morgan fingerprint density at radius 2 is 1.90 bits per heavy atom. The maximum atomic E-state index is 12.7. The van der Waals surface area contributed by atoms with Crippen LogP contribution in [0.15, 0.2) is 60.8 Å². The molecule has 0 saturated carbocycles. The lowest BCUT2D eigenvalue weighted by atomic mass is 10.1. The molecule has 2 amide bonds. The lowest BCUT2D eigenvalue weighted by Crippen LogP contribution is -2.42. The van der Waals surface area contributed by atoms with Gasteiger partial charge in [0.25, 0.3) is 0 Å². The van der Waals surface area contributed by atoms with Crippen molar-refractivity contribution < 1.29 is 9.59 Å². The lowest BCUT2D eigenvalue weighted by molar-refractivity contribution is -0.122. The maximum Gasteiger partial charge on any atom is 0.244 e.